The van der Waals surface area contributed by atoms with Gasteiger partial charge in [-0.2, -0.15) is 0 Å². The standard InChI is InChI=1S/C15H26N2O/c1-16-5-2-11-3-6-17(7-4-11)15(18)14-9-12-8-13(12)10-14/h11-14,16H,2-10H2,1H3. The average molecular weight is 250 g/mol. The minimum Gasteiger partial charge on any atom is -0.342 e. The highest BCUT2D eigenvalue weighted by molar-refractivity contribution is 5.79. The molecule has 0 radical (unpaired) electrons. The lowest BCUT2D eigenvalue weighted by molar-refractivity contribution is -0.137. The Balaban J connectivity index is 1.43. The fraction of sp³-hybridized carbons (Fsp3) is 0.933. The van der Waals surface area contributed by atoms with Crippen LogP contribution in [0.1, 0.15) is 38.5 Å². The maximum absolute atomic E-state index is 12.4. The van der Waals surface area contributed by atoms with Gasteiger partial charge >= 0.3 is 0 Å². The number of hydrogen-bond acceptors (Lipinski definition) is 2. The molecule has 0 aromatic heterocycles. The number of carbonyl (C=O) groups is 1. The number of hydrogen-bond donors (Lipinski definition) is 1. The van der Waals surface area contributed by atoms with Crippen LogP contribution in [0.4, 0.5) is 0 Å². The average Bonchev–Trinajstić information content (AvgIpc) is 3.03. The number of likely N-dealkylation sites (tertiary alicyclic amines) is 1. The van der Waals surface area contributed by atoms with Crippen LogP contribution in [0, 0.1) is 23.7 Å². The predicted octanol–water partition coefficient (Wildman–Crippen LogP) is 1.88. The Bertz CT molecular complexity index is 300. The highest BCUT2D eigenvalue weighted by atomic mass is 16.2. The Hall–Kier alpha value is -0.570. The van der Waals surface area contributed by atoms with Gasteiger partial charge in [-0.1, -0.05) is 0 Å². The van der Waals surface area contributed by atoms with Gasteiger partial charge in [-0.15, -0.1) is 0 Å². The van der Waals surface area contributed by atoms with Crippen molar-refractivity contribution in [3.63, 3.8) is 0 Å². The van der Waals surface area contributed by atoms with Crippen molar-refractivity contribution in [1.29, 1.82) is 0 Å². The van der Waals surface area contributed by atoms with Crippen molar-refractivity contribution in [1.82, 2.24) is 10.2 Å². The number of amides is 1. The lowest BCUT2D eigenvalue weighted by Crippen LogP contribution is -2.41. The zero-order valence-electron chi connectivity index (χ0n) is 11.5. The number of fused-ring (bicyclic) bond motifs is 1. The van der Waals surface area contributed by atoms with E-state index in [0.29, 0.717) is 11.8 Å². The SMILES string of the molecule is CNCCC1CCN(C(=O)C2CC3CC3C2)CC1. The number of carbonyl (C=O) groups excluding carboxylic acids is 1. The molecule has 3 nitrogen and oxygen atoms in total. The summed E-state index contributed by atoms with van der Waals surface area (Å²) in [7, 11) is 2.02. The fourth-order valence-electron chi connectivity index (χ4n) is 3.97. The molecule has 0 spiro atoms. The van der Waals surface area contributed by atoms with Crippen molar-refractivity contribution in [2.24, 2.45) is 23.7 Å². The summed E-state index contributed by atoms with van der Waals surface area (Å²) in [5, 5.41) is 3.22. The van der Waals surface area contributed by atoms with Crippen LogP contribution in [-0.4, -0.2) is 37.5 Å². The molecule has 2 atom stereocenters. The molecule has 1 heterocycles. The van der Waals surface area contributed by atoms with Gasteiger partial charge in [-0.25, -0.2) is 0 Å². The zero-order chi connectivity index (χ0) is 12.5. The third kappa shape index (κ3) is 2.56. The Labute approximate surface area is 110 Å². The van der Waals surface area contributed by atoms with E-state index in [9.17, 15) is 4.79 Å². The van der Waals surface area contributed by atoms with Crippen molar-refractivity contribution in [2.75, 3.05) is 26.7 Å². The molecule has 3 heteroatoms. The lowest BCUT2D eigenvalue weighted by atomic mass is 9.92. The van der Waals surface area contributed by atoms with Gasteiger partial charge in [0.15, 0.2) is 0 Å². The first kappa shape index (κ1) is 12.5. The Kier molecular flexibility index (Phi) is 3.60. The van der Waals surface area contributed by atoms with Gasteiger partial charge in [0.05, 0.1) is 0 Å². The minimum absolute atomic E-state index is 0.391. The van der Waals surface area contributed by atoms with Crippen LogP contribution in [0.15, 0.2) is 0 Å². The van der Waals surface area contributed by atoms with Crippen LogP contribution in [0.3, 0.4) is 0 Å². The van der Waals surface area contributed by atoms with Gasteiger partial charge in [0.1, 0.15) is 0 Å². The second-order valence-electron chi connectivity index (χ2n) is 6.59. The third-order valence-corrected chi connectivity index (χ3v) is 5.32. The molecule has 0 bridgehead atoms. The molecule has 1 N–H and O–H groups in total. The van der Waals surface area contributed by atoms with Gasteiger partial charge in [0.2, 0.25) is 5.91 Å². The van der Waals surface area contributed by atoms with E-state index in [-0.39, 0.29) is 0 Å². The molecule has 3 fully saturated rings. The van der Waals surface area contributed by atoms with Gasteiger partial charge < -0.3 is 10.2 Å². The summed E-state index contributed by atoms with van der Waals surface area (Å²) in [4.78, 5) is 14.6. The van der Waals surface area contributed by atoms with Crippen LogP contribution in [0.5, 0.6) is 0 Å². The summed E-state index contributed by atoms with van der Waals surface area (Å²) in [5.74, 6) is 3.55. The second kappa shape index (κ2) is 5.20. The topological polar surface area (TPSA) is 32.3 Å². The molecule has 2 aliphatic carbocycles. The molecule has 2 unspecified atom stereocenters. The van der Waals surface area contributed by atoms with E-state index < -0.39 is 0 Å². The van der Waals surface area contributed by atoms with E-state index in [1.165, 1.54) is 38.5 Å². The summed E-state index contributed by atoms with van der Waals surface area (Å²) in [5.41, 5.74) is 0. The van der Waals surface area contributed by atoms with Gasteiger partial charge in [-0.3, -0.25) is 4.79 Å². The van der Waals surface area contributed by atoms with Crippen LogP contribution in [0.25, 0.3) is 0 Å². The molecule has 3 rings (SSSR count). The maximum Gasteiger partial charge on any atom is 0.225 e. The van der Waals surface area contributed by atoms with Crippen molar-refractivity contribution in [3.05, 3.63) is 0 Å². The summed E-state index contributed by atoms with van der Waals surface area (Å²) in [6.07, 6.45) is 7.51. The van der Waals surface area contributed by atoms with Crippen molar-refractivity contribution >= 4 is 5.91 Å². The van der Waals surface area contributed by atoms with Crippen molar-refractivity contribution in [3.8, 4) is 0 Å². The highest BCUT2D eigenvalue weighted by Crippen LogP contribution is 2.54. The van der Waals surface area contributed by atoms with Crippen LogP contribution >= 0.6 is 0 Å². The normalized spacial score (nSPS) is 35.6. The molecule has 0 aromatic rings. The minimum atomic E-state index is 0.391. The smallest absolute Gasteiger partial charge is 0.225 e. The quantitative estimate of drug-likeness (QED) is 0.826. The highest BCUT2D eigenvalue weighted by Gasteiger charge is 2.48. The molecule has 1 amide bonds. The molecule has 2 saturated carbocycles. The molecule has 1 saturated heterocycles. The predicted molar refractivity (Wildman–Crippen MR) is 72.2 cm³/mol. The Morgan fingerprint density at radius 3 is 2.44 bits per heavy atom. The first-order chi connectivity index (χ1) is 8.78. The van der Waals surface area contributed by atoms with Crippen LogP contribution in [-0.2, 0) is 4.79 Å². The monoisotopic (exact) mass is 250 g/mol. The van der Waals surface area contributed by atoms with Gasteiger partial charge in [-0.05, 0) is 69.9 Å². The van der Waals surface area contributed by atoms with Gasteiger partial charge in [0, 0.05) is 19.0 Å². The number of rotatable bonds is 4. The van der Waals surface area contributed by atoms with Crippen molar-refractivity contribution < 1.29 is 4.79 Å². The molecule has 102 valence electrons. The summed E-state index contributed by atoms with van der Waals surface area (Å²) in [6, 6.07) is 0. The van der Waals surface area contributed by atoms with Crippen LogP contribution < -0.4 is 5.32 Å². The molecule has 1 aliphatic heterocycles. The van der Waals surface area contributed by atoms with Crippen LogP contribution in [0.2, 0.25) is 0 Å². The van der Waals surface area contributed by atoms with Gasteiger partial charge in [0.25, 0.3) is 0 Å². The number of piperidine rings is 1. The Morgan fingerprint density at radius 1 is 1.17 bits per heavy atom. The molecule has 18 heavy (non-hydrogen) atoms. The second-order valence-corrected chi connectivity index (χ2v) is 6.59. The van der Waals surface area contributed by atoms with E-state index in [1.54, 1.807) is 0 Å². The molecular weight excluding hydrogens is 224 g/mol. The molecular formula is C15H26N2O. The number of nitrogens with one attached hydrogen (secondary N) is 1. The van der Waals surface area contributed by atoms with E-state index in [1.807, 2.05) is 7.05 Å². The summed E-state index contributed by atoms with van der Waals surface area (Å²) < 4.78 is 0. The molecule has 0 aromatic carbocycles. The number of nitrogens with zero attached hydrogens (tertiary/aromatic N) is 1. The first-order valence-corrected chi connectivity index (χ1v) is 7.71. The molecule has 3 aliphatic rings. The lowest BCUT2D eigenvalue weighted by Gasteiger charge is -2.34. The van der Waals surface area contributed by atoms with E-state index in [4.69, 9.17) is 0 Å². The fourth-order valence-corrected chi connectivity index (χ4v) is 3.97. The third-order valence-electron chi connectivity index (χ3n) is 5.32. The van der Waals surface area contributed by atoms with E-state index >= 15 is 0 Å². The summed E-state index contributed by atoms with van der Waals surface area (Å²) >= 11 is 0. The van der Waals surface area contributed by atoms with Crippen molar-refractivity contribution in [2.45, 2.75) is 38.5 Å². The maximum atomic E-state index is 12.4. The largest absolute Gasteiger partial charge is 0.342 e. The zero-order valence-corrected chi connectivity index (χ0v) is 11.5. The van der Waals surface area contributed by atoms with E-state index in [0.717, 1.165) is 37.4 Å². The first-order valence-electron chi connectivity index (χ1n) is 7.71. The van der Waals surface area contributed by atoms with E-state index in [2.05, 4.69) is 10.2 Å². The Morgan fingerprint density at radius 2 is 1.83 bits per heavy atom. The summed E-state index contributed by atoms with van der Waals surface area (Å²) in [6.45, 7) is 3.14.